The Morgan fingerprint density at radius 3 is 1.56 bits per heavy atom. The molecule has 0 atom stereocenters. The van der Waals surface area contributed by atoms with Crippen LogP contribution >= 0.6 is 0 Å². The minimum Gasteiger partial charge on any atom is -0.207 e. The molecule has 0 saturated heterocycles. The summed E-state index contributed by atoms with van der Waals surface area (Å²) in [6.07, 6.45) is 0. The SMILES string of the molecule is CCN(C)S(=O)(=O)c1c(F)c(F)c(F)c(F)c1F. The second-order valence-electron chi connectivity index (χ2n) is 3.32. The summed E-state index contributed by atoms with van der Waals surface area (Å²) in [7, 11) is -3.82. The summed E-state index contributed by atoms with van der Waals surface area (Å²) in [5.41, 5.74) is 0. The zero-order valence-corrected chi connectivity index (χ0v) is 10.1. The van der Waals surface area contributed by atoms with Gasteiger partial charge in [-0.15, -0.1) is 0 Å². The Labute approximate surface area is 99.9 Å². The molecule has 0 amide bonds. The zero-order chi connectivity index (χ0) is 14.2. The van der Waals surface area contributed by atoms with Gasteiger partial charge in [-0.1, -0.05) is 6.92 Å². The predicted molar refractivity (Wildman–Crippen MR) is 51.7 cm³/mol. The van der Waals surface area contributed by atoms with Gasteiger partial charge in [0.15, 0.2) is 28.2 Å². The van der Waals surface area contributed by atoms with Crippen LogP contribution in [0.5, 0.6) is 0 Å². The number of halogens is 5. The summed E-state index contributed by atoms with van der Waals surface area (Å²) in [6.45, 7) is 1.14. The zero-order valence-electron chi connectivity index (χ0n) is 9.27. The molecule has 0 unspecified atom stereocenters. The fraction of sp³-hybridized carbons (Fsp3) is 0.333. The van der Waals surface area contributed by atoms with E-state index < -0.39 is 44.0 Å². The second kappa shape index (κ2) is 4.81. The summed E-state index contributed by atoms with van der Waals surface area (Å²) >= 11 is 0. The molecule has 9 heteroatoms. The smallest absolute Gasteiger partial charge is 0.207 e. The van der Waals surface area contributed by atoms with Crippen LogP contribution in [0.2, 0.25) is 0 Å². The van der Waals surface area contributed by atoms with Gasteiger partial charge >= 0.3 is 0 Å². The van der Waals surface area contributed by atoms with Gasteiger partial charge in [0.1, 0.15) is 0 Å². The molecule has 3 nitrogen and oxygen atoms in total. The van der Waals surface area contributed by atoms with Crippen molar-refractivity contribution in [3.05, 3.63) is 29.1 Å². The molecule has 0 N–H and O–H groups in total. The van der Waals surface area contributed by atoms with E-state index in [9.17, 15) is 30.4 Å². The van der Waals surface area contributed by atoms with Crippen molar-refractivity contribution in [2.45, 2.75) is 11.8 Å². The average Bonchev–Trinajstić information content (AvgIpc) is 2.32. The maximum absolute atomic E-state index is 13.3. The van der Waals surface area contributed by atoms with Gasteiger partial charge in [-0.3, -0.25) is 0 Å². The Bertz CT molecular complexity index is 558. The molecule has 1 rings (SSSR count). The highest BCUT2D eigenvalue weighted by atomic mass is 32.2. The van der Waals surface area contributed by atoms with Crippen molar-refractivity contribution >= 4 is 10.0 Å². The highest BCUT2D eigenvalue weighted by molar-refractivity contribution is 7.89. The van der Waals surface area contributed by atoms with Gasteiger partial charge in [0, 0.05) is 13.6 Å². The second-order valence-corrected chi connectivity index (χ2v) is 5.30. The van der Waals surface area contributed by atoms with Gasteiger partial charge < -0.3 is 0 Å². The van der Waals surface area contributed by atoms with Gasteiger partial charge in [-0.05, 0) is 0 Å². The van der Waals surface area contributed by atoms with Crippen LogP contribution in [0.15, 0.2) is 4.90 Å². The molecule has 0 aliphatic rings. The molecule has 1 aromatic carbocycles. The minimum atomic E-state index is -4.78. The van der Waals surface area contributed by atoms with Gasteiger partial charge in [-0.25, -0.2) is 34.7 Å². The van der Waals surface area contributed by atoms with Crippen LogP contribution in [-0.2, 0) is 10.0 Å². The van der Waals surface area contributed by atoms with Gasteiger partial charge in [-0.2, -0.15) is 0 Å². The van der Waals surface area contributed by atoms with E-state index in [2.05, 4.69) is 0 Å². The van der Waals surface area contributed by atoms with Crippen LogP contribution < -0.4 is 0 Å². The van der Waals surface area contributed by atoms with Crippen molar-refractivity contribution in [2.24, 2.45) is 0 Å². The molecule has 0 aliphatic carbocycles. The molecule has 0 heterocycles. The Morgan fingerprint density at radius 2 is 1.22 bits per heavy atom. The molecule has 0 aromatic heterocycles. The summed E-state index contributed by atoms with van der Waals surface area (Å²) < 4.78 is 88.7. The Morgan fingerprint density at radius 1 is 0.889 bits per heavy atom. The van der Waals surface area contributed by atoms with Crippen molar-refractivity contribution in [1.29, 1.82) is 0 Å². The molecular weight excluding hydrogens is 281 g/mol. The first kappa shape index (κ1) is 14.8. The largest absolute Gasteiger partial charge is 0.248 e. The molecule has 0 saturated carbocycles. The van der Waals surface area contributed by atoms with Crippen molar-refractivity contribution < 1.29 is 30.4 Å². The molecule has 0 bridgehead atoms. The monoisotopic (exact) mass is 289 g/mol. The summed E-state index contributed by atoms with van der Waals surface area (Å²) in [4.78, 5) is -1.84. The van der Waals surface area contributed by atoms with E-state index in [4.69, 9.17) is 0 Å². The molecule has 0 aliphatic heterocycles. The van der Waals surface area contributed by atoms with E-state index in [1.807, 2.05) is 0 Å². The van der Waals surface area contributed by atoms with Gasteiger partial charge in [0.25, 0.3) is 0 Å². The topological polar surface area (TPSA) is 37.4 Å². The van der Waals surface area contributed by atoms with E-state index >= 15 is 0 Å². The lowest BCUT2D eigenvalue weighted by Gasteiger charge is -2.16. The number of nitrogens with zero attached hydrogens (tertiary/aromatic N) is 1. The quantitative estimate of drug-likeness (QED) is 0.485. The first-order valence-corrected chi connectivity index (χ1v) is 6.08. The third-order valence-electron chi connectivity index (χ3n) is 2.28. The first-order chi connectivity index (χ1) is 8.16. The molecule has 0 fully saturated rings. The summed E-state index contributed by atoms with van der Waals surface area (Å²) in [6, 6.07) is 0. The third-order valence-corrected chi connectivity index (χ3v) is 4.24. The van der Waals surface area contributed by atoms with Crippen LogP contribution in [0.3, 0.4) is 0 Å². The number of rotatable bonds is 3. The van der Waals surface area contributed by atoms with E-state index in [1.165, 1.54) is 6.92 Å². The lowest BCUT2D eigenvalue weighted by atomic mass is 10.3. The first-order valence-electron chi connectivity index (χ1n) is 4.64. The molecule has 18 heavy (non-hydrogen) atoms. The fourth-order valence-electron chi connectivity index (χ4n) is 1.14. The normalized spacial score (nSPS) is 12.2. The lowest BCUT2D eigenvalue weighted by Crippen LogP contribution is -2.29. The summed E-state index contributed by atoms with van der Waals surface area (Å²) in [5.74, 6) is -11.7. The molecule has 102 valence electrons. The van der Waals surface area contributed by atoms with E-state index in [1.54, 1.807) is 0 Å². The number of hydrogen-bond donors (Lipinski definition) is 0. The van der Waals surface area contributed by atoms with Crippen LogP contribution in [0.4, 0.5) is 22.0 Å². The van der Waals surface area contributed by atoms with Crippen molar-refractivity contribution in [2.75, 3.05) is 13.6 Å². The van der Waals surface area contributed by atoms with Crippen LogP contribution in [0, 0.1) is 29.1 Å². The average molecular weight is 289 g/mol. The van der Waals surface area contributed by atoms with E-state index in [-0.39, 0.29) is 6.54 Å². The molecule has 0 radical (unpaired) electrons. The third kappa shape index (κ3) is 2.07. The standard InChI is InChI=1S/C9H8F5NO2S/c1-3-15(2)18(16,17)9-7(13)5(11)4(10)6(12)8(9)14/h3H2,1-2H3. The maximum Gasteiger partial charge on any atom is 0.248 e. The van der Waals surface area contributed by atoms with Crippen LogP contribution in [0.1, 0.15) is 6.92 Å². The number of hydrogen-bond acceptors (Lipinski definition) is 2. The highest BCUT2D eigenvalue weighted by Crippen LogP contribution is 2.28. The van der Waals surface area contributed by atoms with Crippen molar-refractivity contribution in [3.8, 4) is 0 Å². The molecule has 1 aromatic rings. The van der Waals surface area contributed by atoms with Gasteiger partial charge in [0.05, 0.1) is 0 Å². The lowest BCUT2D eigenvalue weighted by molar-refractivity contribution is 0.353. The van der Waals surface area contributed by atoms with E-state index in [0.717, 1.165) is 7.05 Å². The minimum absolute atomic E-state index is 0.193. The molecular formula is C9H8F5NO2S. The molecule has 0 spiro atoms. The van der Waals surface area contributed by atoms with Crippen molar-refractivity contribution in [3.63, 3.8) is 0 Å². The number of benzene rings is 1. The van der Waals surface area contributed by atoms with Crippen LogP contribution in [0.25, 0.3) is 0 Å². The predicted octanol–water partition coefficient (Wildman–Crippen LogP) is 2.02. The Kier molecular flexibility index (Phi) is 3.96. The van der Waals surface area contributed by atoms with Gasteiger partial charge in [0.2, 0.25) is 15.8 Å². The highest BCUT2D eigenvalue weighted by Gasteiger charge is 2.35. The van der Waals surface area contributed by atoms with E-state index in [0.29, 0.717) is 4.31 Å². The Balaban J connectivity index is 3.73. The van der Waals surface area contributed by atoms with Crippen LogP contribution in [-0.4, -0.2) is 26.3 Å². The summed E-state index contributed by atoms with van der Waals surface area (Å²) in [5, 5.41) is 0. The Hall–Kier alpha value is -1.22. The van der Waals surface area contributed by atoms with Crippen molar-refractivity contribution in [1.82, 2.24) is 4.31 Å². The fourth-order valence-corrected chi connectivity index (χ4v) is 2.42. The number of sulfonamides is 1. The maximum atomic E-state index is 13.3.